The molecule has 144 valence electrons. The van der Waals surface area contributed by atoms with E-state index in [1.807, 2.05) is 30.3 Å². The fourth-order valence-electron chi connectivity index (χ4n) is 3.14. The van der Waals surface area contributed by atoms with Crippen LogP contribution in [0.25, 0.3) is 10.9 Å². The molecule has 0 fully saturated rings. The molecule has 4 rings (SSSR count). The first-order valence-electron chi connectivity index (χ1n) is 8.67. The molecule has 0 aliphatic heterocycles. The van der Waals surface area contributed by atoms with E-state index >= 15 is 0 Å². The number of carbonyl (C=O) groups excluding carboxylic acids is 1. The van der Waals surface area contributed by atoms with E-state index < -0.39 is 17.0 Å². The third-order valence-electron chi connectivity index (χ3n) is 4.52. The molecule has 0 aliphatic rings. The third kappa shape index (κ3) is 3.86. The lowest BCUT2D eigenvalue weighted by molar-refractivity contribution is 0.103. The summed E-state index contributed by atoms with van der Waals surface area (Å²) in [5, 5.41) is 0.320. The molecule has 0 N–H and O–H groups in total. The summed E-state index contributed by atoms with van der Waals surface area (Å²) in [5.41, 5.74) is 1.05. The van der Waals surface area contributed by atoms with E-state index in [1.165, 1.54) is 18.3 Å². The van der Waals surface area contributed by atoms with Crippen molar-refractivity contribution < 1.29 is 9.18 Å². The van der Waals surface area contributed by atoms with Gasteiger partial charge in [0.25, 0.3) is 0 Å². The number of para-hydroxylation sites is 1. The molecule has 0 radical (unpaired) electrons. The summed E-state index contributed by atoms with van der Waals surface area (Å²) < 4.78 is 16.3. The molecule has 4 aromatic rings. The summed E-state index contributed by atoms with van der Waals surface area (Å²) in [5.74, 6) is -1.27. The van der Waals surface area contributed by atoms with Crippen molar-refractivity contribution in [3.05, 3.63) is 109 Å². The maximum Gasteiger partial charge on any atom is 0.200 e. The molecule has 2 heterocycles. The smallest absolute Gasteiger partial charge is 0.200 e. The van der Waals surface area contributed by atoms with Crippen LogP contribution in [0.15, 0.2) is 76.3 Å². The largest absolute Gasteiger partial charge is 0.340 e. The first-order chi connectivity index (χ1) is 13.9. The number of nitrogens with zero attached hydrogens (tertiary/aromatic N) is 2. The second-order valence-corrected chi connectivity index (χ2v) is 7.65. The van der Waals surface area contributed by atoms with Crippen LogP contribution in [0.5, 0.6) is 0 Å². The summed E-state index contributed by atoms with van der Waals surface area (Å²) in [6.45, 7) is 0.357. The fraction of sp³-hybridized carbons (Fsp3) is 0.0455. The zero-order valence-electron chi connectivity index (χ0n) is 14.9. The molecule has 2 aromatic carbocycles. The Bertz CT molecular complexity index is 1320. The van der Waals surface area contributed by atoms with Crippen molar-refractivity contribution >= 4 is 44.2 Å². The molecule has 0 aliphatic carbocycles. The number of rotatable bonds is 4. The Morgan fingerprint density at radius 1 is 1.10 bits per heavy atom. The van der Waals surface area contributed by atoms with Gasteiger partial charge >= 0.3 is 0 Å². The van der Waals surface area contributed by atoms with E-state index in [1.54, 1.807) is 16.7 Å². The van der Waals surface area contributed by atoms with Crippen LogP contribution in [0, 0.1) is 5.82 Å². The lowest BCUT2D eigenvalue weighted by atomic mass is 10.0. The Morgan fingerprint density at radius 3 is 2.66 bits per heavy atom. The summed E-state index contributed by atoms with van der Waals surface area (Å²) in [6.07, 6.45) is 1.50. The number of fused-ring (bicyclic) bond motifs is 1. The van der Waals surface area contributed by atoms with Crippen LogP contribution in [0.4, 0.5) is 4.39 Å². The van der Waals surface area contributed by atoms with Gasteiger partial charge in [-0.3, -0.25) is 9.59 Å². The SMILES string of the molecule is O=C(c1ccc(Cl)c(F)c1)c1cn(Cc2cccc(Br)n2)c2ccccc2c1=O. The summed E-state index contributed by atoms with van der Waals surface area (Å²) in [6, 6.07) is 16.3. The van der Waals surface area contributed by atoms with Gasteiger partial charge in [0.2, 0.25) is 5.43 Å². The van der Waals surface area contributed by atoms with Gasteiger partial charge in [-0.2, -0.15) is 0 Å². The standard InChI is InChI=1S/C22H13BrClFN2O2/c23-20-7-3-4-14(26-20)11-27-12-16(22(29)15-5-1-2-6-19(15)27)21(28)13-8-9-17(24)18(25)10-13/h1-10,12H,11H2. The molecular weight excluding hydrogens is 459 g/mol. The zero-order chi connectivity index (χ0) is 20.5. The van der Waals surface area contributed by atoms with Gasteiger partial charge in [-0.05, 0) is 58.4 Å². The quantitative estimate of drug-likeness (QED) is 0.302. The van der Waals surface area contributed by atoms with Crippen molar-refractivity contribution in [3.8, 4) is 0 Å². The minimum atomic E-state index is -0.711. The van der Waals surface area contributed by atoms with Gasteiger partial charge in [0.15, 0.2) is 5.78 Å². The highest BCUT2D eigenvalue weighted by Crippen LogP contribution is 2.19. The second-order valence-electron chi connectivity index (χ2n) is 6.43. The van der Waals surface area contributed by atoms with Gasteiger partial charge < -0.3 is 4.57 Å². The van der Waals surface area contributed by atoms with Crippen LogP contribution in [0.3, 0.4) is 0 Å². The maximum atomic E-state index is 13.8. The molecule has 2 aromatic heterocycles. The molecular formula is C22H13BrClFN2O2. The molecule has 0 saturated heterocycles. The van der Waals surface area contributed by atoms with E-state index in [9.17, 15) is 14.0 Å². The molecule has 0 bridgehead atoms. The Kier molecular flexibility index (Phi) is 5.30. The lowest BCUT2D eigenvalue weighted by Crippen LogP contribution is -2.20. The van der Waals surface area contributed by atoms with Crippen molar-refractivity contribution in [2.45, 2.75) is 6.54 Å². The molecule has 0 spiro atoms. The second kappa shape index (κ2) is 7.89. The number of halogens is 3. The number of hydrogen-bond donors (Lipinski definition) is 0. The first kappa shape index (κ1) is 19.5. The van der Waals surface area contributed by atoms with E-state index in [0.29, 0.717) is 22.1 Å². The zero-order valence-corrected chi connectivity index (χ0v) is 17.2. The van der Waals surface area contributed by atoms with Gasteiger partial charge in [0, 0.05) is 17.1 Å². The Morgan fingerprint density at radius 2 is 1.90 bits per heavy atom. The highest BCUT2D eigenvalue weighted by Gasteiger charge is 2.18. The van der Waals surface area contributed by atoms with Crippen LogP contribution in [0.1, 0.15) is 21.6 Å². The summed E-state index contributed by atoms with van der Waals surface area (Å²) >= 11 is 9.05. The molecule has 0 unspecified atom stereocenters. The predicted octanol–water partition coefficient (Wildman–Crippen LogP) is 5.23. The number of ketones is 1. The normalized spacial score (nSPS) is 11.0. The van der Waals surface area contributed by atoms with Crippen molar-refractivity contribution in [3.63, 3.8) is 0 Å². The number of benzene rings is 2. The van der Waals surface area contributed by atoms with Crippen molar-refractivity contribution in [2.75, 3.05) is 0 Å². The third-order valence-corrected chi connectivity index (χ3v) is 5.27. The van der Waals surface area contributed by atoms with Gasteiger partial charge in [-0.1, -0.05) is 29.8 Å². The maximum absolute atomic E-state index is 13.8. The van der Waals surface area contributed by atoms with Crippen LogP contribution >= 0.6 is 27.5 Å². The minimum absolute atomic E-state index is 0.0413. The van der Waals surface area contributed by atoms with Crippen LogP contribution in [-0.4, -0.2) is 15.3 Å². The van der Waals surface area contributed by atoms with Crippen LogP contribution < -0.4 is 5.43 Å². The van der Waals surface area contributed by atoms with E-state index in [-0.39, 0.29) is 16.1 Å². The van der Waals surface area contributed by atoms with Crippen molar-refractivity contribution in [2.24, 2.45) is 0 Å². The van der Waals surface area contributed by atoms with Gasteiger partial charge in [0.1, 0.15) is 10.4 Å². The van der Waals surface area contributed by atoms with Gasteiger partial charge in [-0.15, -0.1) is 0 Å². The first-order valence-corrected chi connectivity index (χ1v) is 9.84. The van der Waals surface area contributed by atoms with E-state index in [0.717, 1.165) is 11.8 Å². The summed E-state index contributed by atoms with van der Waals surface area (Å²) in [7, 11) is 0. The van der Waals surface area contributed by atoms with E-state index in [2.05, 4.69) is 20.9 Å². The fourth-order valence-corrected chi connectivity index (χ4v) is 3.64. The average Bonchev–Trinajstić information content (AvgIpc) is 2.72. The van der Waals surface area contributed by atoms with Gasteiger partial charge in [-0.25, -0.2) is 9.37 Å². The Balaban J connectivity index is 1.88. The van der Waals surface area contributed by atoms with E-state index in [4.69, 9.17) is 11.6 Å². The van der Waals surface area contributed by atoms with Crippen LogP contribution in [-0.2, 0) is 6.54 Å². The van der Waals surface area contributed by atoms with Crippen molar-refractivity contribution in [1.82, 2.24) is 9.55 Å². The molecule has 29 heavy (non-hydrogen) atoms. The van der Waals surface area contributed by atoms with Crippen molar-refractivity contribution in [1.29, 1.82) is 0 Å². The highest BCUT2D eigenvalue weighted by molar-refractivity contribution is 9.10. The minimum Gasteiger partial charge on any atom is -0.340 e. The molecule has 4 nitrogen and oxygen atoms in total. The predicted molar refractivity (Wildman–Crippen MR) is 114 cm³/mol. The molecule has 7 heteroatoms. The monoisotopic (exact) mass is 470 g/mol. The number of pyridine rings is 2. The summed E-state index contributed by atoms with van der Waals surface area (Å²) in [4.78, 5) is 30.4. The molecule has 0 atom stereocenters. The molecule has 0 saturated carbocycles. The van der Waals surface area contributed by atoms with Crippen LogP contribution in [0.2, 0.25) is 5.02 Å². The number of carbonyl (C=O) groups is 1. The highest BCUT2D eigenvalue weighted by atomic mass is 79.9. The number of aromatic nitrogens is 2. The lowest BCUT2D eigenvalue weighted by Gasteiger charge is -2.13. The Labute approximate surface area is 178 Å². The van der Waals surface area contributed by atoms with Gasteiger partial charge in [0.05, 0.1) is 28.3 Å². The topological polar surface area (TPSA) is 52.0 Å². The average molecular weight is 472 g/mol. The molecule has 0 amide bonds. The number of hydrogen-bond acceptors (Lipinski definition) is 3. The Hall–Kier alpha value is -2.83.